The van der Waals surface area contributed by atoms with E-state index in [4.69, 9.17) is 5.73 Å². The molecule has 2 aromatic rings. The third kappa shape index (κ3) is 9.61. The molecular weight excluding hydrogens is 484 g/mol. The van der Waals surface area contributed by atoms with Crippen molar-refractivity contribution in [2.45, 2.75) is 50.4 Å². The third-order valence-electron chi connectivity index (χ3n) is 5.33. The van der Waals surface area contributed by atoms with Crippen LogP contribution in [0.25, 0.3) is 0 Å². The lowest BCUT2D eigenvalue weighted by Gasteiger charge is -2.24. The number of amides is 3. The van der Waals surface area contributed by atoms with Gasteiger partial charge < -0.3 is 37.0 Å². The number of aromatic hydroxyl groups is 1. The molecule has 0 aromatic heterocycles. The quantitative estimate of drug-likeness (QED) is 0.184. The summed E-state index contributed by atoms with van der Waals surface area (Å²) in [7, 11) is 0. The highest BCUT2D eigenvalue weighted by atomic mass is 16.4. The van der Waals surface area contributed by atoms with Gasteiger partial charge in [-0.15, -0.1) is 0 Å². The molecule has 8 N–H and O–H groups in total. The molecule has 0 bridgehead atoms. The molecule has 0 aliphatic carbocycles. The van der Waals surface area contributed by atoms with Gasteiger partial charge >= 0.3 is 11.9 Å². The van der Waals surface area contributed by atoms with E-state index >= 15 is 0 Å². The van der Waals surface area contributed by atoms with E-state index in [0.29, 0.717) is 11.1 Å². The van der Waals surface area contributed by atoms with E-state index in [1.54, 1.807) is 30.3 Å². The van der Waals surface area contributed by atoms with E-state index in [-0.39, 0.29) is 18.6 Å². The summed E-state index contributed by atoms with van der Waals surface area (Å²) >= 11 is 0. The fraction of sp³-hybridized carbons (Fsp3) is 0.320. The van der Waals surface area contributed by atoms with Crippen molar-refractivity contribution >= 4 is 29.7 Å². The molecule has 0 heterocycles. The van der Waals surface area contributed by atoms with Gasteiger partial charge in [-0.2, -0.15) is 0 Å². The first kappa shape index (κ1) is 28.8. The van der Waals surface area contributed by atoms with Crippen LogP contribution in [0, 0.1) is 0 Å². The topological polar surface area (TPSA) is 208 Å². The first-order valence-corrected chi connectivity index (χ1v) is 11.4. The fourth-order valence-electron chi connectivity index (χ4n) is 3.36. The van der Waals surface area contributed by atoms with Gasteiger partial charge in [0.15, 0.2) is 0 Å². The SMILES string of the molecule is CC(N)C(=O)NC(CC(=O)O)C(=O)NC(Cc1ccccc1)C(=O)NC(Cc1ccc(O)cc1)C(=O)O. The number of carboxylic acid groups (broad SMARTS) is 2. The predicted molar refractivity (Wildman–Crippen MR) is 131 cm³/mol. The highest BCUT2D eigenvalue weighted by Gasteiger charge is 2.31. The van der Waals surface area contributed by atoms with Gasteiger partial charge in [-0.3, -0.25) is 19.2 Å². The smallest absolute Gasteiger partial charge is 0.326 e. The summed E-state index contributed by atoms with van der Waals surface area (Å²) in [5, 5.41) is 35.3. The molecule has 0 saturated carbocycles. The van der Waals surface area contributed by atoms with E-state index in [1.807, 2.05) is 0 Å². The molecule has 12 heteroatoms. The summed E-state index contributed by atoms with van der Waals surface area (Å²) in [6, 6.07) is 9.19. The van der Waals surface area contributed by atoms with Crippen LogP contribution in [0.5, 0.6) is 5.75 Å². The molecule has 198 valence electrons. The van der Waals surface area contributed by atoms with E-state index in [1.165, 1.54) is 31.2 Å². The Kier molecular flexibility index (Phi) is 10.6. The lowest BCUT2D eigenvalue weighted by molar-refractivity contribution is -0.143. The molecule has 3 amide bonds. The minimum absolute atomic E-state index is 0.00247. The van der Waals surface area contributed by atoms with Gasteiger partial charge in [-0.1, -0.05) is 42.5 Å². The van der Waals surface area contributed by atoms with Crippen molar-refractivity contribution in [3.8, 4) is 5.75 Å². The number of phenols is 1. The Hall–Kier alpha value is -4.45. The summed E-state index contributed by atoms with van der Waals surface area (Å²) in [6.07, 6.45) is -0.896. The van der Waals surface area contributed by atoms with Crippen LogP contribution >= 0.6 is 0 Å². The second-order valence-electron chi connectivity index (χ2n) is 8.47. The number of aliphatic carboxylic acids is 2. The molecule has 0 aliphatic heterocycles. The van der Waals surface area contributed by atoms with Crippen LogP contribution in [-0.4, -0.2) is 69.1 Å². The number of benzene rings is 2. The van der Waals surface area contributed by atoms with E-state index < -0.39 is 60.2 Å². The molecule has 0 fully saturated rings. The lowest BCUT2D eigenvalue weighted by atomic mass is 10.0. The van der Waals surface area contributed by atoms with Crippen molar-refractivity contribution in [3.63, 3.8) is 0 Å². The Morgan fingerprint density at radius 1 is 0.730 bits per heavy atom. The monoisotopic (exact) mass is 514 g/mol. The lowest BCUT2D eigenvalue weighted by Crippen LogP contribution is -2.58. The maximum atomic E-state index is 13.2. The minimum Gasteiger partial charge on any atom is -0.508 e. The van der Waals surface area contributed by atoms with Gasteiger partial charge in [0.2, 0.25) is 17.7 Å². The van der Waals surface area contributed by atoms with Gasteiger partial charge in [0.25, 0.3) is 0 Å². The summed E-state index contributed by atoms with van der Waals surface area (Å²) < 4.78 is 0. The largest absolute Gasteiger partial charge is 0.508 e. The Labute approximate surface area is 212 Å². The third-order valence-corrected chi connectivity index (χ3v) is 5.33. The van der Waals surface area contributed by atoms with E-state index in [2.05, 4.69) is 16.0 Å². The summed E-state index contributed by atoms with van der Waals surface area (Å²) in [4.78, 5) is 61.2. The molecule has 12 nitrogen and oxygen atoms in total. The molecule has 2 aromatic carbocycles. The van der Waals surface area contributed by atoms with Gasteiger partial charge in [0.05, 0.1) is 12.5 Å². The van der Waals surface area contributed by atoms with Crippen LogP contribution in [0.15, 0.2) is 54.6 Å². The highest BCUT2D eigenvalue weighted by molar-refractivity contribution is 5.95. The van der Waals surface area contributed by atoms with Gasteiger partial charge in [0.1, 0.15) is 23.9 Å². The Bertz CT molecular complexity index is 1110. The van der Waals surface area contributed by atoms with Crippen LogP contribution in [0.1, 0.15) is 24.5 Å². The zero-order valence-corrected chi connectivity index (χ0v) is 20.1. The number of carboxylic acids is 2. The zero-order valence-electron chi connectivity index (χ0n) is 20.1. The molecule has 37 heavy (non-hydrogen) atoms. The number of hydrogen-bond acceptors (Lipinski definition) is 7. The van der Waals surface area contributed by atoms with Crippen molar-refractivity contribution in [3.05, 3.63) is 65.7 Å². The van der Waals surface area contributed by atoms with Crippen LogP contribution in [0.3, 0.4) is 0 Å². The van der Waals surface area contributed by atoms with Crippen LogP contribution in [0.4, 0.5) is 0 Å². The number of phenolic OH excluding ortho intramolecular Hbond substituents is 1. The molecule has 0 aliphatic rings. The summed E-state index contributed by atoms with van der Waals surface area (Å²) in [5.74, 6) is -5.22. The second kappa shape index (κ2) is 13.6. The van der Waals surface area contributed by atoms with Crippen LogP contribution < -0.4 is 21.7 Å². The van der Waals surface area contributed by atoms with Crippen molar-refractivity contribution in [1.29, 1.82) is 0 Å². The summed E-state index contributed by atoms with van der Waals surface area (Å²) in [5.41, 5.74) is 6.67. The number of rotatable bonds is 13. The molecule has 0 spiro atoms. The minimum atomic E-state index is -1.52. The Balaban J connectivity index is 2.25. The van der Waals surface area contributed by atoms with Crippen molar-refractivity contribution in [2.75, 3.05) is 0 Å². The number of carbonyl (C=O) groups excluding carboxylic acids is 3. The van der Waals surface area contributed by atoms with Gasteiger partial charge in [-0.25, -0.2) is 4.79 Å². The average molecular weight is 515 g/mol. The molecule has 0 saturated heterocycles. The van der Waals surface area contributed by atoms with Crippen LogP contribution in [-0.2, 0) is 36.8 Å². The van der Waals surface area contributed by atoms with Crippen LogP contribution in [0.2, 0.25) is 0 Å². The van der Waals surface area contributed by atoms with E-state index in [0.717, 1.165) is 0 Å². The second-order valence-corrected chi connectivity index (χ2v) is 8.47. The number of carbonyl (C=O) groups is 5. The Morgan fingerprint density at radius 3 is 1.76 bits per heavy atom. The first-order chi connectivity index (χ1) is 17.5. The molecule has 4 unspecified atom stereocenters. The van der Waals surface area contributed by atoms with Crippen molar-refractivity contribution in [2.24, 2.45) is 5.73 Å². The molecule has 2 rings (SSSR count). The molecular formula is C25H30N4O8. The van der Waals surface area contributed by atoms with Gasteiger partial charge in [0, 0.05) is 12.8 Å². The molecule has 0 radical (unpaired) electrons. The van der Waals surface area contributed by atoms with E-state index in [9.17, 15) is 39.3 Å². The number of nitrogens with one attached hydrogen (secondary N) is 3. The maximum Gasteiger partial charge on any atom is 0.326 e. The number of nitrogens with two attached hydrogens (primary N) is 1. The number of hydrogen-bond donors (Lipinski definition) is 7. The van der Waals surface area contributed by atoms with Crippen molar-refractivity contribution in [1.82, 2.24) is 16.0 Å². The van der Waals surface area contributed by atoms with Gasteiger partial charge in [-0.05, 0) is 30.2 Å². The Morgan fingerprint density at radius 2 is 1.22 bits per heavy atom. The maximum absolute atomic E-state index is 13.2. The normalized spacial score (nSPS) is 13.9. The zero-order chi connectivity index (χ0) is 27.5. The fourth-order valence-corrected chi connectivity index (χ4v) is 3.36. The highest BCUT2D eigenvalue weighted by Crippen LogP contribution is 2.12. The standard InChI is InChI=1S/C25H30N4O8/c1-14(26)22(33)27-19(13-21(31)32)24(35)28-18(11-15-5-3-2-4-6-15)23(34)29-20(25(36)37)12-16-7-9-17(30)10-8-16/h2-10,14,18-20,30H,11-13,26H2,1H3,(H,27,33)(H,28,35)(H,29,34)(H,31,32)(H,36,37). The predicted octanol–water partition coefficient (Wildman–Crippen LogP) is -0.462. The first-order valence-electron chi connectivity index (χ1n) is 11.4. The van der Waals surface area contributed by atoms with Crippen molar-refractivity contribution < 1.29 is 39.3 Å². The summed E-state index contributed by atoms with van der Waals surface area (Å²) in [6.45, 7) is 1.36. The average Bonchev–Trinajstić information content (AvgIpc) is 2.84. The molecule has 4 atom stereocenters.